The van der Waals surface area contributed by atoms with Crippen LogP contribution in [0.5, 0.6) is 0 Å². The van der Waals surface area contributed by atoms with Gasteiger partial charge in [0.25, 0.3) is 0 Å². The minimum atomic E-state index is -0.0775. The summed E-state index contributed by atoms with van der Waals surface area (Å²) in [7, 11) is 0. The lowest BCUT2D eigenvalue weighted by molar-refractivity contribution is -0.123. The minimum absolute atomic E-state index is 0.0775. The van der Waals surface area contributed by atoms with Crippen LogP contribution >= 0.6 is 0 Å². The number of hydrogen-bond donors (Lipinski definition) is 0. The van der Waals surface area contributed by atoms with Crippen LogP contribution in [-0.2, 0) is 9.59 Å². The van der Waals surface area contributed by atoms with Crippen LogP contribution in [-0.4, -0.2) is 11.6 Å². The molecule has 0 unspecified atom stereocenters. The highest BCUT2D eigenvalue weighted by Gasteiger charge is 2.19. The first kappa shape index (κ1) is 6.20. The predicted molar refractivity (Wildman–Crippen MR) is 33.0 cm³/mol. The molecule has 0 aliphatic heterocycles. The number of allylic oxidation sites excluding steroid dienone is 1. The maximum atomic E-state index is 10.7. The van der Waals surface area contributed by atoms with Crippen molar-refractivity contribution >= 4 is 11.6 Å². The molecule has 0 N–H and O–H groups in total. The molecule has 0 heterocycles. The van der Waals surface area contributed by atoms with Crippen molar-refractivity contribution in [3.05, 3.63) is 12.2 Å². The molecular formula is C7H8O2. The van der Waals surface area contributed by atoms with E-state index in [0.29, 0.717) is 19.3 Å². The lowest BCUT2D eigenvalue weighted by atomic mass is 9.94. The highest BCUT2D eigenvalue weighted by Crippen LogP contribution is 2.13. The lowest BCUT2D eigenvalue weighted by Crippen LogP contribution is -2.17. The van der Waals surface area contributed by atoms with E-state index < -0.39 is 0 Å². The molecule has 0 aromatic carbocycles. The van der Waals surface area contributed by atoms with Crippen molar-refractivity contribution in [2.75, 3.05) is 0 Å². The second kappa shape index (κ2) is 2.13. The minimum Gasteiger partial charge on any atom is -0.294 e. The zero-order chi connectivity index (χ0) is 6.85. The largest absolute Gasteiger partial charge is 0.294 e. The van der Waals surface area contributed by atoms with E-state index in [1.165, 1.54) is 0 Å². The number of hydrogen-bond acceptors (Lipinski definition) is 2. The molecule has 0 radical (unpaired) electrons. The fourth-order valence-electron chi connectivity index (χ4n) is 0.867. The Hall–Kier alpha value is -0.920. The molecule has 0 aromatic heterocycles. The molecule has 0 saturated heterocycles. The van der Waals surface area contributed by atoms with Gasteiger partial charge in [-0.2, -0.15) is 0 Å². The standard InChI is InChI=1S/C7H8O2/c1-5-6(8)3-2-4-7(5)9/h1-4H2. The molecule has 0 bridgehead atoms. The number of rotatable bonds is 0. The van der Waals surface area contributed by atoms with Crippen LogP contribution in [0.15, 0.2) is 12.2 Å². The Kier molecular flexibility index (Phi) is 1.47. The third-order valence-electron chi connectivity index (χ3n) is 1.48. The van der Waals surface area contributed by atoms with E-state index in [4.69, 9.17) is 0 Å². The van der Waals surface area contributed by atoms with Gasteiger partial charge in [0.2, 0.25) is 0 Å². The number of ketones is 2. The molecule has 0 spiro atoms. The number of carbonyl (C=O) groups excluding carboxylic acids is 2. The third kappa shape index (κ3) is 1.07. The first-order valence-electron chi connectivity index (χ1n) is 2.97. The monoisotopic (exact) mass is 124 g/mol. The van der Waals surface area contributed by atoms with E-state index in [0.717, 1.165) is 0 Å². The molecule has 1 saturated carbocycles. The maximum Gasteiger partial charge on any atom is 0.165 e. The lowest BCUT2D eigenvalue weighted by Gasteiger charge is -2.08. The number of Topliss-reactive ketones (excluding diaryl/α,β-unsaturated/α-hetero) is 2. The molecule has 1 aliphatic rings. The Balaban J connectivity index is 2.74. The second-order valence-electron chi connectivity index (χ2n) is 2.18. The summed E-state index contributed by atoms with van der Waals surface area (Å²) >= 11 is 0. The van der Waals surface area contributed by atoms with E-state index in [-0.39, 0.29) is 17.1 Å². The molecule has 1 fully saturated rings. The molecule has 1 rings (SSSR count). The van der Waals surface area contributed by atoms with Crippen LogP contribution in [0.2, 0.25) is 0 Å². The summed E-state index contributed by atoms with van der Waals surface area (Å²) < 4.78 is 0. The first-order chi connectivity index (χ1) is 4.22. The summed E-state index contributed by atoms with van der Waals surface area (Å²) in [6, 6.07) is 0. The molecule has 1 aliphatic carbocycles. The fourth-order valence-corrected chi connectivity index (χ4v) is 0.867. The summed E-state index contributed by atoms with van der Waals surface area (Å²) in [4.78, 5) is 21.4. The van der Waals surface area contributed by atoms with Crippen LogP contribution in [0.1, 0.15) is 19.3 Å². The van der Waals surface area contributed by atoms with Crippen molar-refractivity contribution < 1.29 is 9.59 Å². The zero-order valence-corrected chi connectivity index (χ0v) is 5.14. The van der Waals surface area contributed by atoms with Crippen LogP contribution in [0.4, 0.5) is 0 Å². The van der Waals surface area contributed by atoms with Gasteiger partial charge >= 0.3 is 0 Å². The van der Waals surface area contributed by atoms with Gasteiger partial charge in [-0.25, -0.2) is 0 Å². The van der Waals surface area contributed by atoms with Crippen molar-refractivity contribution in [1.29, 1.82) is 0 Å². The Bertz CT molecular complexity index is 161. The van der Waals surface area contributed by atoms with Crippen LogP contribution in [0, 0.1) is 0 Å². The molecule has 0 aromatic rings. The summed E-state index contributed by atoms with van der Waals surface area (Å²) in [6.07, 6.45) is 1.71. The normalized spacial score (nSPS) is 20.7. The summed E-state index contributed by atoms with van der Waals surface area (Å²) in [5.74, 6) is -0.155. The van der Waals surface area contributed by atoms with Crippen molar-refractivity contribution in [2.24, 2.45) is 0 Å². The predicted octanol–water partition coefficient (Wildman–Crippen LogP) is 0.865. The molecule has 0 atom stereocenters. The van der Waals surface area contributed by atoms with E-state index >= 15 is 0 Å². The van der Waals surface area contributed by atoms with Gasteiger partial charge in [0.05, 0.1) is 5.57 Å². The van der Waals surface area contributed by atoms with Crippen LogP contribution in [0.3, 0.4) is 0 Å². The maximum absolute atomic E-state index is 10.7. The Morgan fingerprint density at radius 2 is 1.56 bits per heavy atom. The van der Waals surface area contributed by atoms with Crippen molar-refractivity contribution in [3.8, 4) is 0 Å². The van der Waals surface area contributed by atoms with E-state index in [1.54, 1.807) is 0 Å². The van der Waals surface area contributed by atoms with Crippen molar-refractivity contribution in [3.63, 3.8) is 0 Å². The topological polar surface area (TPSA) is 34.1 Å². The van der Waals surface area contributed by atoms with Gasteiger partial charge in [-0.1, -0.05) is 6.58 Å². The zero-order valence-electron chi connectivity index (χ0n) is 5.14. The van der Waals surface area contributed by atoms with Gasteiger partial charge in [0, 0.05) is 12.8 Å². The summed E-state index contributed by atoms with van der Waals surface area (Å²) in [6.45, 7) is 3.38. The van der Waals surface area contributed by atoms with E-state index in [9.17, 15) is 9.59 Å². The molecule has 9 heavy (non-hydrogen) atoms. The SMILES string of the molecule is C=C1C(=O)CCCC1=O. The van der Waals surface area contributed by atoms with Gasteiger partial charge in [-0.3, -0.25) is 9.59 Å². The first-order valence-corrected chi connectivity index (χ1v) is 2.97. The molecule has 2 nitrogen and oxygen atoms in total. The summed E-state index contributed by atoms with van der Waals surface area (Å²) in [5.41, 5.74) is 0.196. The average molecular weight is 124 g/mol. The summed E-state index contributed by atoms with van der Waals surface area (Å²) in [5, 5.41) is 0. The molecular weight excluding hydrogens is 116 g/mol. The Morgan fingerprint density at radius 3 is 1.89 bits per heavy atom. The Morgan fingerprint density at radius 1 is 1.11 bits per heavy atom. The smallest absolute Gasteiger partial charge is 0.165 e. The van der Waals surface area contributed by atoms with Gasteiger partial charge in [-0.15, -0.1) is 0 Å². The molecule has 48 valence electrons. The van der Waals surface area contributed by atoms with E-state index in [2.05, 4.69) is 6.58 Å². The third-order valence-corrected chi connectivity index (χ3v) is 1.48. The van der Waals surface area contributed by atoms with Gasteiger partial charge in [0.1, 0.15) is 0 Å². The highest BCUT2D eigenvalue weighted by atomic mass is 16.1. The van der Waals surface area contributed by atoms with Gasteiger partial charge in [0.15, 0.2) is 11.6 Å². The second-order valence-corrected chi connectivity index (χ2v) is 2.18. The highest BCUT2D eigenvalue weighted by molar-refractivity contribution is 6.21. The molecule has 2 heteroatoms. The van der Waals surface area contributed by atoms with E-state index in [1.807, 2.05) is 0 Å². The average Bonchev–Trinajstić information content (AvgIpc) is 1.83. The van der Waals surface area contributed by atoms with Crippen LogP contribution in [0.25, 0.3) is 0 Å². The van der Waals surface area contributed by atoms with Crippen molar-refractivity contribution in [2.45, 2.75) is 19.3 Å². The Labute approximate surface area is 53.6 Å². The van der Waals surface area contributed by atoms with Gasteiger partial charge < -0.3 is 0 Å². The van der Waals surface area contributed by atoms with Crippen molar-refractivity contribution in [1.82, 2.24) is 0 Å². The quantitative estimate of drug-likeness (QED) is 0.354. The number of carbonyl (C=O) groups is 2. The molecule has 0 amide bonds. The van der Waals surface area contributed by atoms with Crippen LogP contribution < -0.4 is 0 Å². The fraction of sp³-hybridized carbons (Fsp3) is 0.429. The van der Waals surface area contributed by atoms with Gasteiger partial charge in [-0.05, 0) is 6.42 Å².